The zero-order chi connectivity index (χ0) is 15.5. The number of rotatable bonds is 3. The van der Waals surface area contributed by atoms with E-state index in [1.54, 1.807) is 12.1 Å². The Morgan fingerprint density at radius 2 is 2.00 bits per heavy atom. The van der Waals surface area contributed by atoms with Gasteiger partial charge in [0, 0.05) is 25.2 Å². The Bertz CT molecular complexity index is 661. The molecule has 1 atom stereocenters. The van der Waals surface area contributed by atoms with Crippen LogP contribution in [0.15, 0.2) is 36.5 Å². The summed E-state index contributed by atoms with van der Waals surface area (Å²) in [5.41, 5.74) is -0.525. The number of hydrogen-bond acceptors (Lipinski definition) is 4. The summed E-state index contributed by atoms with van der Waals surface area (Å²) in [7, 11) is 0. The summed E-state index contributed by atoms with van der Waals surface area (Å²) in [5, 5.41) is 7.50. The van der Waals surface area contributed by atoms with Crippen LogP contribution in [0.5, 0.6) is 5.88 Å². The SMILES string of the molecule is O=C(c1c(F)cccc1F)N1CCC(Oc2cccnn2)C1. The summed E-state index contributed by atoms with van der Waals surface area (Å²) >= 11 is 0. The van der Waals surface area contributed by atoms with Gasteiger partial charge in [-0.3, -0.25) is 4.79 Å². The Morgan fingerprint density at radius 1 is 1.23 bits per heavy atom. The highest BCUT2D eigenvalue weighted by atomic mass is 19.1. The van der Waals surface area contributed by atoms with Gasteiger partial charge in [-0.15, -0.1) is 5.10 Å². The zero-order valence-corrected chi connectivity index (χ0v) is 11.6. The predicted octanol–water partition coefficient (Wildman–Crippen LogP) is 2.05. The minimum Gasteiger partial charge on any atom is -0.471 e. The van der Waals surface area contributed by atoms with Crippen LogP contribution >= 0.6 is 0 Å². The van der Waals surface area contributed by atoms with Crippen LogP contribution in [-0.2, 0) is 0 Å². The van der Waals surface area contributed by atoms with Crippen molar-refractivity contribution in [1.29, 1.82) is 0 Å². The van der Waals surface area contributed by atoms with Crippen LogP contribution in [0.1, 0.15) is 16.8 Å². The number of aromatic nitrogens is 2. The van der Waals surface area contributed by atoms with Gasteiger partial charge in [-0.05, 0) is 18.2 Å². The number of halogens is 2. The van der Waals surface area contributed by atoms with Crippen molar-refractivity contribution in [3.8, 4) is 5.88 Å². The van der Waals surface area contributed by atoms with Gasteiger partial charge in [-0.2, -0.15) is 5.10 Å². The fraction of sp³-hybridized carbons (Fsp3) is 0.267. The minimum absolute atomic E-state index is 0.253. The van der Waals surface area contributed by atoms with E-state index in [4.69, 9.17) is 4.74 Å². The Labute approximate surface area is 125 Å². The van der Waals surface area contributed by atoms with Crippen LogP contribution in [0, 0.1) is 11.6 Å². The van der Waals surface area contributed by atoms with Gasteiger partial charge in [0.15, 0.2) is 0 Å². The molecule has 0 spiro atoms. The first-order chi connectivity index (χ1) is 10.6. The quantitative estimate of drug-likeness (QED) is 0.871. The fourth-order valence-electron chi connectivity index (χ4n) is 2.39. The number of amides is 1. The average Bonchev–Trinajstić information content (AvgIpc) is 2.96. The molecule has 1 saturated heterocycles. The van der Waals surface area contributed by atoms with Crippen molar-refractivity contribution in [1.82, 2.24) is 15.1 Å². The molecule has 1 unspecified atom stereocenters. The number of ether oxygens (including phenoxy) is 1. The van der Waals surface area contributed by atoms with Gasteiger partial charge in [-0.25, -0.2) is 8.78 Å². The number of likely N-dealkylation sites (tertiary alicyclic amines) is 1. The normalized spacial score (nSPS) is 17.5. The molecule has 22 heavy (non-hydrogen) atoms. The number of benzene rings is 1. The van der Waals surface area contributed by atoms with Crippen LogP contribution in [-0.4, -0.2) is 40.2 Å². The summed E-state index contributed by atoms with van der Waals surface area (Å²) in [5.74, 6) is -2.02. The number of carbonyl (C=O) groups excluding carboxylic acids is 1. The van der Waals surface area contributed by atoms with Crippen LogP contribution < -0.4 is 4.74 Å². The van der Waals surface area contributed by atoms with Crippen molar-refractivity contribution in [3.05, 3.63) is 53.7 Å². The second-order valence-electron chi connectivity index (χ2n) is 4.94. The Morgan fingerprint density at radius 3 is 2.68 bits per heavy atom. The Kier molecular flexibility index (Phi) is 3.95. The molecule has 1 fully saturated rings. The largest absolute Gasteiger partial charge is 0.471 e. The van der Waals surface area contributed by atoms with E-state index in [9.17, 15) is 13.6 Å². The Hall–Kier alpha value is -2.57. The van der Waals surface area contributed by atoms with E-state index in [-0.39, 0.29) is 12.6 Å². The molecule has 1 aromatic carbocycles. The average molecular weight is 305 g/mol. The highest BCUT2D eigenvalue weighted by Gasteiger charge is 2.31. The molecule has 114 valence electrons. The topological polar surface area (TPSA) is 55.3 Å². The maximum absolute atomic E-state index is 13.7. The van der Waals surface area contributed by atoms with Crippen molar-refractivity contribution in [2.24, 2.45) is 0 Å². The predicted molar refractivity (Wildman–Crippen MR) is 73.3 cm³/mol. The van der Waals surface area contributed by atoms with Crippen molar-refractivity contribution < 1.29 is 18.3 Å². The van der Waals surface area contributed by atoms with E-state index in [1.165, 1.54) is 17.2 Å². The van der Waals surface area contributed by atoms with Crippen LogP contribution in [0.3, 0.4) is 0 Å². The van der Waals surface area contributed by atoms with E-state index >= 15 is 0 Å². The second kappa shape index (κ2) is 6.05. The molecule has 1 aliphatic heterocycles. The molecule has 3 rings (SSSR count). The first-order valence-corrected chi connectivity index (χ1v) is 6.83. The fourth-order valence-corrected chi connectivity index (χ4v) is 2.39. The zero-order valence-electron chi connectivity index (χ0n) is 11.6. The van der Waals surface area contributed by atoms with E-state index in [2.05, 4.69) is 10.2 Å². The van der Waals surface area contributed by atoms with Gasteiger partial charge >= 0.3 is 0 Å². The molecule has 7 heteroatoms. The minimum atomic E-state index is -0.858. The summed E-state index contributed by atoms with van der Waals surface area (Å²) in [6, 6.07) is 6.72. The monoisotopic (exact) mass is 305 g/mol. The van der Waals surface area contributed by atoms with Crippen molar-refractivity contribution in [2.75, 3.05) is 13.1 Å². The van der Waals surface area contributed by atoms with Crippen LogP contribution in [0.4, 0.5) is 8.78 Å². The molecule has 0 N–H and O–H groups in total. The lowest BCUT2D eigenvalue weighted by molar-refractivity contribution is 0.0761. The molecule has 0 saturated carbocycles. The molecular formula is C15H13F2N3O2. The third-order valence-corrected chi connectivity index (χ3v) is 3.44. The van der Waals surface area contributed by atoms with Crippen LogP contribution in [0.2, 0.25) is 0 Å². The second-order valence-corrected chi connectivity index (χ2v) is 4.94. The highest BCUT2D eigenvalue weighted by molar-refractivity contribution is 5.95. The maximum atomic E-state index is 13.7. The number of hydrogen-bond donors (Lipinski definition) is 0. The van der Waals surface area contributed by atoms with Gasteiger partial charge in [0.1, 0.15) is 23.3 Å². The van der Waals surface area contributed by atoms with Gasteiger partial charge in [0.05, 0.1) is 6.54 Å². The van der Waals surface area contributed by atoms with Crippen molar-refractivity contribution >= 4 is 5.91 Å². The first-order valence-electron chi connectivity index (χ1n) is 6.83. The molecule has 2 heterocycles. The molecule has 1 aromatic heterocycles. The van der Waals surface area contributed by atoms with Gasteiger partial charge in [0.25, 0.3) is 5.91 Å². The summed E-state index contributed by atoms with van der Waals surface area (Å²) in [4.78, 5) is 13.6. The summed E-state index contributed by atoms with van der Waals surface area (Å²) in [6.45, 7) is 0.626. The molecule has 0 bridgehead atoms. The Balaban J connectivity index is 1.69. The van der Waals surface area contributed by atoms with E-state index < -0.39 is 23.1 Å². The van der Waals surface area contributed by atoms with Gasteiger partial charge in [0.2, 0.25) is 5.88 Å². The maximum Gasteiger partial charge on any atom is 0.259 e. The third-order valence-electron chi connectivity index (χ3n) is 3.44. The molecule has 1 aliphatic rings. The van der Waals surface area contributed by atoms with Crippen LogP contribution in [0.25, 0.3) is 0 Å². The first kappa shape index (κ1) is 14.4. The number of carbonyl (C=O) groups is 1. The van der Waals surface area contributed by atoms with Crippen molar-refractivity contribution in [2.45, 2.75) is 12.5 Å². The van der Waals surface area contributed by atoms with E-state index in [1.807, 2.05) is 0 Å². The van der Waals surface area contributed by atoms with Gasteiger partial charge in [-0.1, -0.05) is 6.07 Å². The lowest BCUT2D eigenvalue weighted by Gasteiger charge is -2.17. The highest BCUT2D eigenvalue weighted by Crippen LogP contribution is 2.20. The molecule has 0 aliphatic carbocycles. The molecule has 0 radical (unpaired) electrons. The lowest BCUT2D eigenvalue weighted by atomic mass is 10.1. The smallest absolute Gasteiger partial charge is 0.259 e. The molecule has 5 nitrogen and oxygen atoms in total. The van der Waals surface area contributed by atoms with Crippen molar-refractivity contribution in [3.63, 3.8) is 0 Å². The molecular weight excluding hydrogens is 292 g/mol. The summed E-state index contributed by atoms with van der Waals surface area (Å²) in [6.07, 6.45) is 1.83. The molecule has 1 amide bonds. The van der Waals surface area contributed by atoms with E-state index in [0.29, 0.717) is 18.8 Å². The van der Waals surface area contributed by atoms with E-state index in [0.717, 1.165) is 12.1 Å². The standard InChI is InChI=1S/C15H13F2N3O2/c16-11-3-1-4-12(17)14(11)15(21)20-8-6-10(9-20)22-13-5-2-7-18-19-13/h1-5,7,10H,6,8-9H2. The lowest BCUT2D eigenvalue weighted by Crippen LogP contribution is -2.32. The number of nitrogens with zero attached hydrogens (tertiary/aromatic N) is 3. The third kappa shape index (κ3) is 2.88. The summed E-state index contributed by atoms with van der Waals surface area (Å²) < 4.78 is 32.9. The molecule has 2 aromatic rings. The van der Waals surface area contributed by atoms with Gasteiger partial charge < -0.3 is 9.64 Å².